The van der Waals surface area contributed by atoms with Gasteiger partial charge in [-0.25, -0.2) is 4.79 Å². The van der Waals surface area contributed by atoms with Crippen LogP contribution in [0.1, 0.15) is 19.5 Å². The number of rotatable bonds is 8. The van der Waals surface area contributed by atoms with Crippen molar-refractivity contribution < 1.29 is 9.59 Å². The number of anilines is 1. The van der Waals surface area contributed by atoms with Gasteiger partial charge in [-0.2, -0.15) is 0 Å². The number of pyridine rings is 1. The van der Waals surface area contributed by atoms with Gasteiger partial charge in [0.1, 0.15) is 6.04 Å². The van der Waals surface area contributed by atoms with Crippen LogP contribution in [0.15, 0.2) is 53.6 Å². The zero-order valence-electron chi connectivity index (χ0n) is 14.9. The number of thioether (sulfide) groups is 1. The standard InChI is InChI=1S/C19H24N4O2S/c1-13(2)17(18(20)24)23-19(25)22-15-6-8-16(9-7-15)26-12-10-14-5-3-4-11-21-14/h3-9,11,13,17H,10,12H2,1-2H3,(H2,20,24)(H2,22,23,25)/t17-/m0/s1. The summed E-state index contributed by atoms with van der Waals surface area (Å²) >= 11 is 1.73. The summed E-state index contributed by atoms with van der Waals surface area (Å²) in [6.45, 7) is 3.65. The maximum Gasteiger partial charge on any atom is 0.319 e. The monoisotopic (exact) mass is 372 g/mol. The van der Waals surface area contributed by atoms with E-state index in [4.69, 9.17) is 5.73 Å². The molecule has 0 saturated carbocycles. The van der Waals surface area contributed by atoms with Crippen LogP contribution >= 0.6 is 11.8 Å². The van der Waals surface area contributed by atoms with Gasteiger partial charge in [-0.15, -0.1) is 11.8 Å². The Morgan fingerprint density at radius 3 is 2.46 bits per heavy atom. The third-order valence-corrected chi connectivity index (χ3v) is 4.74. The number of amides is 3. The highest BCUT2D eigenvalue weighted by atomic mass is 32.2. The van der Waals surface area contributed by atoms with Crippen molar-refractivity contribution in [1.82, 2.24) is 10.3 Å². The molecule has 1 heterocycles. The summed E-state index contributed by atoms with van der Waals surface area (Å²) in [5, 5.41) is 5.31. The third-order valence-electron chi connectivity index (χ3n) is 3.73. The largest absolute Gasteiger partial charge is 0.368 e. The van der Waals surface area contributed by atoms with E-state index in [0.717, 1.165) is 22.8 Å². The maximum absolute atomic E-state index is 12.0. The number of aromatic nitrogens is 1. The summed E-state index contributed by atoms with van der Waals surface area (Å²) in [6, 6.07) is 12.3. The molecule has 1 aromatic heterocycles. The molecule has 1 aromatic carbocycles. The van der Waals surface area contributed by atoms with E-state index in [1.807, 2.05) is 56.3 Å². The first kappa shape index (κ1) is 19.8. The fourth-order valence-corrected chi connectivity index (χ4v) is 3.20. The Labute approximate surface area is 158 Å². The normalized spacial score (nSPS) is 11.8. The van der Waals surface area contributed by atoms with E-state index >= 15 is 0 Å². The SMILES string of the molecule is CC(C)[C@H](NC(=O)Nc1ccc(SCCc2ccccn2)cc1)C(N)=O. The van der Waals surface area contributed by atoms with Gasteiger partial charge in [0.2, 0.25) is 5.91 Å². The van der Waals surface area contributed by atoms with Crippen molar-refractivity contribution in [3.05, 3.63) is 54.4 Å². The number of nitrogens with zero attached hydrogens (tertiary/aromatic N) is 1. The van der Waals surface area contributed by atoms with Gasteiger partial charge >= 0.3 is 6.03 Å². The zero-order chi connectivity index (χ0) is 18.9. The third kappa shape index (κ3) is 6.40. The highest BCUT2D eigenvalue weighted by Crippen LogP contribution is 2.21. The van der Waals surface area contributed by atoms with Gasteiger partial charge in [0.25, 0.3) is 0 Å². The van der Waals surface area contributed by atoms with Gasteiger partial charge in [-0.3, -0.25) is 9.78 Å². The van der Waals surface area contributed by atoms with Crippen molar-refractivity contribution in [2.75, 3.05) is 11.1 Å². The molecule has 3 amide bonds. The average Bonchev–Trinajstić information content (AvgIpc) is 2.61. The Bertz CT molecular complexity index is 720. The summed E-state index contributed by atoms with van der Waals surface area (Å²) in [5.74, 6) is 0.310. The fraction of sp³-hybridized carbons (Fsp3) is 0.316. The van der Waals surface area contributed by atoms with Crippen molar-refractivity contribution in [3.63, 3.8) is 0 Å². The molecule has 0 saturated heterocycles. The van der Waals surface area contributed by atoms with Gasteiger partial charge in [0.15, 0.2) is 0 Å². The molecule has 2 rings (SSSR count). The Hall–Kier alpha value is -2.54. The molecule has 0 fully saturated rings. The predicted octanol–water partition coefficient (Wildman–Crippen LogP) is 3.05. The van der Waals surface area contributed by atoms with Crippen LogP contribution in [0.25, 0.3) is 0 Å². The molecule has 1 atom stereocenters. The van der Waals surface area contributed by atoms with Crippen LogP contribution in [-0.2, 0) is 11.2 Å². The van der Waals surface area contributed by atoms with Crippen molar-refractivity contribution in [2.24, 2.45) is 11.7 Å². The Morgan fingerprint density at radius 2 is 1.88 bits per heavy atom. The lowest BCUT2D eigenvalue weighted by molar-refractivity contribution is -0.120. The molecule has 0 aliphatic heterocycles. The minimum absolute atomic E-state index is 0.0730. The lowest BCUT2D eigenvalue weighted by Crippen LogP contribution is -2.49. The molecule has 0 aliphatic carbocycles. The van der Waals surface area contributed by atoms with Crippen LogP contribution in [0, 0.1) is 5.92 Å². The van der Waals surface area contributed by atoms with Crippen LogP contribution in [0.4, 0.5) is 10.5 Å². The second kappa shape index (κ2) is 9.82. The molecule has 0 spiro atoms. The van der Waals surface area contributed by atoms with E-state index in [1.165, 1.54) is 0 Å². The first-order chi connectivity index (χ1) is 12.5. The predicted molar refractivity (Wildman–Crippen MR) is 105 cm³/mol. The number of nitrogens with two attached hydrogens (primary N) is 1. The van der Waals surface area contributed by atoms with Crippen LogP contribution in [-0.4, -0.2) is 28.7 Å². The number of aryl methyl sites for hydroxylation is 1. The topological polar surface area (TPSA) is 97.1 Å². The number of primary amides is 1. The van der Waals surface area contributed by atoms with Crippen LogP contribution in [0.2, 0.25) is 0 Å². The molecule has 0 bridgehead atoms. The van der Waals surface area contributed by atoms with Gasteiger partial charge in [0, 0.05) is 28.2 Å². The number of nitrogens with one attached hydrogen (secondary N) is 2. The van der Waals surface area contributed by atoms with Crippen LogP contribution in [0.3, 0.4) is 0 Å². The lowest BCUT2D eigenvalue weighted by atomic mass is 10.0. The van der Waals surface area contributed by atoms with E-state index in [1.54, 1.807) is 18.0 Å². The summed E-state index contributed by atoms with van der Waals surface area (Å²) in [7, 11) is 0. The number of urea groups is 1. The number of carbonyl (C=O) groups is 2. The number of hydrogen-bond acceptors (Lipinski definition) is 4. The first-order valence-corrected chi connectivity index (χ1v) is 9.44. The van der Waals surface area contributed by atoms with Gasteiger partial charge in [-0.1, -0.05) is 19.9 Å². The van der Waals surface area contributed by atoms with E-state index in [9.17, 15) is 9.59 Å². The van der Waals surface area contributed by atoms with Gasteiger partial charge in [-0.05, 0) is 48.7 Å². The Kier molecular flexibility index (Phi) is 7.47. The molecule has 2 aromatic rings. The number of carbonyl (C=O) groups excluding carboxylic acids is 2. The van der Waals surface area contributed by atoms with Gasteiger partial charge in [0.05, 0.1) is 0 Å². The molecule has 0 aliphatic rings. The smallest absolute Gasteiger partial charge is 0.319 e. The quantitative estimate of drug-likeness (QED) is 0.620. The first-order valence-electron chi connectivity index (χ1n) is 8.45. The summed E-state index contributed by atoms with van der Waals surface area (Å²) in [4.78, 5) is 28.8. The summed E-state index contributed by atoms with van der Waals surface area (Å²) < 4.78 is 0. The molecule has 7 heteroatoms. The Morgan fingerprint density at radius 1 is 1.15 bits per heavy atom. The molecular weight excluding hydrogens is 348 g/mol. The van der Waals surface area contributed by atoms with Crippen LogP contribution in [0.5, 0.6) is 0 Å². The van der Waals surface area contributed by atoms with Gasteiger partial charge < -0.3 is 16.4 Å². The second-order valence-corrected chi connectivity index (χ2v) is 7.33. The van der Waals surface area contributed by atoms with Crippen molar-refractivity contribution in [3.8, 4) is 0 Å². The van der Waals surface area contributed by atoms with E-state index in [0.29, 0.717) is 5.69 Å². The minimum atomic E-state index is -0.698. The average molecular weight is 372 g/mol. The fourth-order valence-electron chi connectivity index (χ4n) is 2.33. The minimum Gasteiger partial charge on any atom is -0.368 e. The highest BCUT2D eigenvalue weighted by Gasteiger charge is 2.21. The van der Waals surface area contributed by atoms with E-state index in [-0.39, 0.29) is 5.92 Å². The lowest BCUT2D eigenvalue weighted by Gasteiger charge is -2.19. The molecule has 138 valence electrons. The zero-order valence-corrected chi connectivity index (χ0v) is 15.8. The molecular formula is C19H24N4O2S. The molecule has 0 unspecified atom stereocenters. The molecule has 6 nitrogen and oxygen atoms in total. The van der Waals surface area contributed by atoms with E-state index in [2.05, 4.69) is 15.6 Å². The Balaban J connectivity index is 1.81. The molecule has 26 heavy (non-hydrogen) atoms. The van der Waals surface area contributed by atoms with Crippen molar-refractivity contribution in [2.45, 2.75) is 31.2 Å². The summed E-state index contributed by atoms with van der Waals surface area (Å²) in [6.07, 6.45) is 2.70. The van der Waals surface area contributed by atoms with E-state index < -0.39 is 18.0 Å². The number of hydrogen-bond donors (Lipinski definition) is 3. The summed E-state index contributed by atoms with van der Waals surface area (Å²) in [5.41, 5.74) is 7.03. The highest BCUT2D eigenvalue weighted by molar-refractivity contribution is 7.99. The van der Waals surface area contributed by atoms with Crippen molar-refractivity contribution in [1.29, 1.82) is 0 Å². The second-order valence-electron chi connectivity index (χ2n) is 6.17. The maximum atomic E-state index is 12.0. The molecule has 0 radical (unpaired) electrons. The van der Waals surface area contributed by atoms with Crippen molar-refractivity contribution >= 4 is 29.4 Å². The molecule has 4 N–H and O–H groups in total. The van der Waals surface area contributed by atoms with Crippen LogP contribution < -0.4 is 16.4 Å². The number of benzene rings is 1.